The van der Waals surface area contributed by atoms with E-state index in [9.17, 15) is 4.79 Å². The van der Waals surface area contributed by atoms with Crippen LogP contribution in [0.3, 0.4) is 0 Å². The maximum absolute atomic E-state index is 12.5. The number of nitrogens with one attached hydrogen (secondary N) is 1. The molecule has 1 aliphatic heterocycles. The first kappa shape index (κ1) is 13.2. The minimum atomic E-state index is -0.00230. The molecule has 0 saturated carbocycles. The molecular weight excluding hydrogens is 252 g/mol. The summed E-state index contributed by atoms with van der Waals surface area (Å²) in [4.78, 5) is 14.3. The van der Waals surface area contributed by atoms with E-state index in [0.717, 1.165) is 13.1 Å². The maximum atomic E-state index is 12.5. The number of methoxy groups -OCH3 is 1. The fourth-order valence-corrected chi connectivity index (χ4v) is 2.30. The van der Waals surface area contributed by atoms with Gasteiger partial charge >= 0.3 is 0 Å². The van der Waals surface area contributed by atoms with Crippen LogP contribution in [0.4, 0.5) is 0 Å². The van der Waals surface area contributed by atoms with E-state index in [1.54, 1.807) is 25.3 Å². The zero-order chi connectivity index (χ0) is 13.1. The van der Waals surface area contributed by atoms with E-state index in [1.165, 1.54) is 0 Å². The van der Waals surface area contributed by atoms with Crippen molar-refractivity contribution in [2.75, 3.05) is 26.7 Å². The third kappa shape index (κ3) is 2.60. The second-order valence-electron chi connectivity index (χ2n) is 4.40. The normalized spacial score (nSPS) is 19.7. The molecule has 1 amide bonds. The second-order valence-corrected chi connectivity index (χ2v) is 4.83. The van der Waals surface area contributed by atoms with Gasteiger partial charge in [-0.05, 0) is 25.1 Å². The lowest BCUT2D eigenvalue weighted by Gasteiger charge is -2.34. The Morgan fingerprint density at radius 1 is 1.56 bits per heavy atom. The van der Waals surface area contributed by atoms with Crippen LogP contribution < -0.4 is 10.1 Å². The van der Waals surface area contributed by atoms with Gasteiger partial charge in [0.1, 0.15) is 5.75 Å². The molecule has 18 heavy (non-hydrogen) atoms. The number of amides is 1. The van der Waals surface area contributed by atoms with E-state index in [0.29, 0.717) is 22.9 Å². The molecule has 1 saturated heterocycles. The number of rotatable bonds is 2. The van der Waals surface area contributed by atoms with Gasteiger partial charge < -0.3 is 15.0 Å². The largest absolute Gasteiger partial charge is 0.496 e. The molecule has 0 bridgehead atoms. The van der Waals surface area contributed by atoms with E-state index in [1.807, 2.05) is 11.8 Å². The highest BCUT2D eigenvalue weighted by atomic mass is 35.5. The van der Waals surface area contributed by atoms with Crippen molar-refractivity contribution in [2.24, 2.45) is 0 Å². The molecule has 2 rings (SSSR count). The van der Waals surface area contributed by atoms with Crippen molar-refractivity contribution in [3.05, 3.63) is 28.8 Å². The molecule has 0 aromatic heterocycles. The predicted molar refractivity (Wildman–Crippen MR) is 71.4 cm³/mol. The lowest BCUT2D eigenvalue weighted by Crippen LogP contribution is -2.52. The number of carbonyl (C=O) groups excluding carboxylic acids is 1. The van der Waals surface area contributed by atoms with Crippen LogP contribution in [-0.4, -0.2) is 43.6 Å². The van der Waals surface area contributed by atoms with Crippen molar-refractivity contribution in [1.29, 1.82) is 0 Å². The number of hydrogen-bond donors (Lipinski definition) is 1. The second kappa shape index (κ2) is 5.59. The molecule has 0 radical (unpaired) electrons. The van der Waals surface area contributed by atoms with E-state index < -0.39 is 0 Å². The molecule has 0 aliphatic carbocycles. The summed E-state index contributed by atoms with van der Waals surface area (Å²) in [6.07, 6.45) is 0. The molecule has 5 heteroatoms. The Hall–Kier alpha value is -1.26. The Kier molecular flexibility index (Phi) is 4.09. The van der Waals surface area contributed by atoms with Gasteiger partial charge in [0.2, 0.25) is 0 Å². The number of benzene rings is 1. The SMILES string of the molecule is COc1cc(Cl)ccc1C(=O)N1CCNCC1C. The first-order chi connectivity index (χ1) is 8.63. The van der Waals surface area contributed by atoms with Gasteiger partial charge in [0.05, 0.1) is 12.7 Å². The van der Waals surface area contributed by atoms with Crippen molar-refractivity contribution in [3.8, 4) is 5.75 Å². The summed E-state index contributed by atoms with van der Waals surface area (Å²) in [6, 6.07) is 5.29. The van der Waals surface area contributed by atoms with Crippen LogP contribution in [0.2, 0.25) is 5.02 Å². The Labute approximate surface area is 112 Å². The summed E-state index contributed by atoms with van der Waals surface area (Å²) in [6.45, 7) is 4.39. The van der Waals surface area contributed by atoms with E-state index >= 15 is 0 Å². The smallest absolute Gasteiger partial charge is 0.257 e. The Morgan fingerprint density at radius 3 is 3.00 bits per heavy atom. The number of ether oxygens (including phenoxy) is 1. The first-order valence-corrected chi connectivity index (χ1v) is 6.36. The van der Waals surface area contributed by atoms with E-state index in [-0.39, 0.29) is 11.9 Å². The minimum Gasteiger partial charge on any atom is -0.496 e. The fourth-order valence-electron chi connectivity index (χ4n) is 2.14. The molecule has 98 valence electrons. The number of piperazine rings is 1. The van der Waals surface area contributed by atoms with Crippen molar-refractivity contribution in [3.63, 3.8) is 0 Å². The molecular formula is C13H17ClN2O2. The molecule has 1 atom stereocenters. The highest BCUT2D eigenvalue weighted by molar-refractivity contribution is 6.30. The van der Waals surface area contributed by atoms with Gasteiger partial charge in [-0.3, -0.25) is 4.79 Å². The summed E-state index contributed by atoms with van der Waals surface area (Å²) < 4.78 is 5.23. The van der Waals surface area contributed by atoms with Crippen molar-refractivity contribution in [2.45, 2.75) is 13.0 Å². The monoisotopic (exact) mass is 268 g/mol. The number of halogens is 1. The summed E-state index contributed by atoms with van der Waals surface area (Å²) >= 11 is 5.90. The summed E-state index contributed by atoms with van der Waals surface area (Å²) in [7, 11) is 1.55. The van der Waals surface area contributed by atoms with Gasteiger partial charge in [-0.1, -0.05) is 11.6 Å². The van der Waals surface area contributed by atoms with E-state index in [2.05, 4.69) is 5.32 Å². The molecule has 1 unspecified atom stereocenters. The minimum absolute atomic E-state index is 0.00230. The van der Waals surface area contributed by atoms with Crippen molar-refractivity contribution >= 4 is 17.5 Å². The van der Waals surface area contributed by atoms with Crippen LogP contribution in [0.25, 0.3) is 0 Å². The lowest BCUT2D eigenvalue weighted by molar-refractivity contribution is 0.0652. The quantitative estimate of drug-likeness (QED) is 0.889. The summed E-state index contributed by atoms with van der Waals surface area (Å²) in [5.74, 6) is 0.524. The Balaban J connectivity index is 2.27. The highest BCUT2D eigenvalue weighted by Crippen LogP contribution is 2.25. The zero-order valence-corrected chi connectivity index (χ0v) is 11.3. The van der Waals surface area contributed by atoms with Gasteiger partial charge in [-0.2, -0.15) is 0 Å². The molecule has 1 aromatic carbocycles. The number of hydrogen-bond acceptors (Lipinski definition) is 3. The molecule has 1 fully saturated rings. The van der Waals surface area contributed by atoms with Crippen LogP contribution in [-0.2, 0) is 0 Å². The average molecular weight is 269 g/mol. The van der Waals surface area contributed by atoms with Gasteiger partial charge in [0, 0.05) is 30.7 Å². The first-order valence-electron chi connectivity index (χ1n) is 5.98. The molecule has 1 aromatic rings. The third-order valence-corrected chi connectivity index (χ3v) is 3.39. The molecule has 0 spiro atoms. The molecule has 1 aliphatic rings. The van der Waals surface area contributed by atoms with Crippen LogP contribution >= 0.6 is 11.6 Å². The van der Waals surface area contributed by atoms with Crippen LogP contribution in [0.1, 0.15) is 17.3 Å². The van der Waals surface area contributed by atoms with Crippen LogP contribution in [0.5, 0.6) is 5.75 Å². The lowest BCUT2D eigenvalue weighted by atomic mass is 10.1. The topological polar surface area (TPSA) is 41.6 Å². The Morgan fingerprint density at radius 2 is 2.33 bits per heavy atom. The van der Waals surface area contributed by atoms with E-state index in [4.69, 9.17) is 16.3 Å². The van der Waals surface area contributed by atoms with Gasteiger partial charge in [-0.15, -0.1) is 0 Å². The van der Waals surface area contributed by atoms with Crippen molar-refractivity contribution < 1.29 is 9.53 Å². The summed E-state index contributed by atoms with van der Waals surface area (Å²) in [5, 5.41) is 3.83. The molecule has 4 nitrogen and oxygen atoms in total. The zero-order valence-electron chi connectivity index (χ0n) is 10.6. The summed E-state index contributed by atoms with van der Waals surface area (Å²) in [5.41, 5.74) is 0.565. The molecule has 1 N–H and O–H groups in total. The Bertz CT molecular complexity index is 451. The van der Waals surface area contributed by atoms with Gasteiger partial charge in [0.15, 0.2) is 0 Å². The number of nitrogens with zero attached hydrogens (tertiary/aromatic N) is 1. The standard InChI is InChI=1S/C13H17ClN2O2/c1-9-8-15-5-6-16(9)13(17)11-4-3-10(14)7-12(11)18-2/h3-4,7,9,15H,5-6,8H2,1-2H3. The van der Waals surface area contributed by atoms with Gasteiger partial charge in [0.25, 0.3) is 5.91 Å². The van der Waals surface area contributed by atoms with Crippen LogP contribution in [0, 0.1) is 0 Å². The average Bonchev–Trinajstić information content (AvgIpc) is 2.38. The predicted octanol–water partition coefficient (Wildman–Crippen LogP) is 1.78. The fraction of sp³-hybridized carbons (Fsp3) is 0.462. The number of carbonyl (C=O) groups is 1. The van der Waals surface area contributed by atoms with Gasteiger partial charge in [-0.25, -0.2) is 0 Å². The van der Waals surface area contributed by atoms with Crippen LogP contribution in [0.15, 0.2) is 18.2 Å². The molecule has 1 heterocycles. The highest BCUT2D eigenvalue weighted by Gasteiger charge is 2.26. The third-order valence-electron chi connectivity index (χ3n) is 3.16. The van der Waals surface area contributed by atoms with Crippen molar-refractivity contribution in [1.82, 2.24) is 10.2 Å². The maximum Gasteiger partial charge on any atom is 0.257 e.